The molecule has 0 aliphatic heterocycles. The molecule has 146 valence electrons. The molecule has 11 heteroatoms. The monoisotopic (exact) mass is 406 g/mol. The summed E-state index contributed by atoms with van der Waals surface area (Å²) in [5.74, 6) is -2.82. The normalized spacial score (nSPS) is 10.5. The third-order valence-corrected chi connectivity index (χ3v) is 3.92. The number of aromatic hydroxyl groups is 1. The number of nitrogens with one attached hydrogen (secondary N) is 2. The zero-order valence-electron chi connectivity index (χ0n) is 14.7. The molecular formula is C17H15ClN4O6. The van der Waals surface area contributed by atoms with Crippen LogP contribution in [0.25, 0.3) is 0 Å². The lowest BCUT2D eigenvalue weighted by atomic mass is 10.2. The van der Waals surface area contributed by atoms with E-state index in [2.05, 4.69) is 10.4 Å². The highest BCUT2D eigenvalue weighted by molar-refractivity contribution is 6.39. The van der Waals surface area contributed by atoms with Gasteiger partial charge in [0.25, 0.3) is 0 Å². The van der Waals surface area contributed by atoms with Crippen molar-refractivity contribution in [2.24, 2.45) is 5.10 Å². The number of ether oxygens (including phenoxy) is 1. The Balaban J connectivity index is 2.06. The Bertz CT molecular complexity index is 976. The molecule has 0 bridgehead atoms. The van der Waals surface area contributed by atoms with Crippen LogP contribution in [-0.2, 0) is 9.59 Å². The quantitative estimate of drug-likeness (QED) is 0.301. The van der Waals surface area contributed by atoms with E-state index in [1.807, 2.05) is 5.43 Å². The third-order valence-electron chi connectivity index (χ3n) is 3.51. The Morgan fingerprint density at radius 1 is 1.29 bits per heavy atom. The highest BCUT2D eigenvalue weighted by Gasteiger charge is 2.19. The molecule has 0 aliphatic carbocycles. The van der Waals surface area contributed by atoms with Crippen molar-refractivity contribution in [2.45, 2.75) is 6.92 Å². The van der Waals surface area contributed by atoms with Gasteiger partial charge in [-0.25, -0.2) is 5.43 Å². The molecule has 0 aromatic heterocycles. The number of phenolic OH excluding ortho intramolecular Hbond substituents is 1. The predicted octanol–water partition coefficient (Wildman–Crippen LogP) is 2.36. The highest BCUT2D eigenvalue weighted by Crippen LogP contribution is 2.36. The van der Waals surface area contributed by atoms with Crippen LogP contribution < -0.4 is 15.5 Å². The fourth-order valence-corrected chi connectivity index (χ4v) is 2.24. The minimum Gasteiger partial charge on any atom is -0.500 e. The van der Waals surface area contributed by atoms with E-state index in [9.17, 15) is 24.8 Å². The Hall–Kier alpha value is -3.66. The molecule has 10 nitrogen and oxygen atoms in total. The van der Waals surface area contributed by atoms with Crippen LogP contribution in [0.5, 0.6) is 11.5 Å². The zero-order valence-corrected chi connectivity index (χ0v) is 15.5. The number of nitro groups is 1. The first-order valence-corrected chi connectivity index (χ1v) is 8.06. The average molecular weight is 407 g/mol. The first-order valence-electron chi connectivity index (χ1n) is 7.69. The fourth-order valence-electron chi connectivity index (χ4n) is 2.06. The van der Waals surface area contributed by atoms with Gasteiger partial charge in [0, 0.05) is 22.3 Å². The summed E-state index contributed by atoms with van der Waals surface area (Å²) in [6, 6.07) is 7.05. The van der Waals surface area contributed by atoms with Crippen LogP contribution in [0.2, 0.25) is 5.02 Å². The summed E-state index contributed by atoms with van der Waals surface area (Å²) in [4.78, 5) is 33.8. The lowest BCUT2D eigenvalue weighted by Gasteiger charge is -2.06. The SMILES string of the molecule is COc1cc(/C=N\NC(=O)C(=O)Nc2ccc(C)c(Cl)c2)cc([N+](=O)[O-])c1O. The number of nitrogens with zero attached hydrogens (tertiary/aromatic N) is 2. The van der Waals surface area contributed by atoms with Crippen molar-refractivity contribution in [1.29, 1.82) is 0 Å². The molecule has 0 spiro atoms. The van der Waals surface area contributed by atoms with Crippen LogP contribution in [0.4, 0.5) is 11.4 Å². The van der Waals surface area contributed by atoms with Gasteiger partial charge in [0.1, 0.15) is 0 Å². The number of amides is 2. The van der Waals surface area contributed by atoms with Gasteiger partial charge in [-0.2, -0.15) is 5.10 Å². The van der Waals surface area contributed by atoms with Crippen molar-refractivity contribution in [3.05, 3.63) is 56.6 Å². The number of aryl methyl sites for hydroxylation is 1. The maximum atomic E-state index is 11.9. The molecule has 0 aliphatic rings. The van der Waals surface area contributed by atoms with Gasteiger partial charge in [-0.1, -0.05) is 17.7 Å². The summed E-state index contributed by atoms with van der Waals surface area (Å²) in [5, 5.41) is 27.0. The molecule has 2 aromatic carbocycles. The number of rotatable bonds is 5. The number of carbonyl (C=O) groups excluding carboxylic acids is 2. The number of hydrazone groups is 1. The lowest BCUT2D eigenvalue weighted by Crippen LogP contribution is -2.32. The van der Waals surface area contributed by atoms with Crippen molar-refractivity contribution in [1.82, 2.24) is 5.43 Å². The van der Waals surface area contributed by atoms with Crippen molar-refractivity contribution in [2.75, 3.05) is 12.4 Å². The standard InChI is InChI=1S/C17H15ClN4O6/c1-9-3-4-11(7-12(9)18)20-16(24)17(25)21-19-8-10-5-13(22(26)27)15(23)14(6-10)28-2/h3-8,23H,1-2H3,(H,20,24)(H,21,25)/b19-8-. The fraction of sp³-hybridized carbons (Fsp3) is 0.118. The lowest BCUT2D eigenvalue weighted by molar-refractivity contribution is -0.386. The third kappa shape index (κ3) is 4.95. The van der Waals surface area contributed by atoms with Crippen LogP contribution in [0, 0.1) is 17.0 Å². The van der Waals surface area contributed by atoms with Gasteiger partial charge in [0.15, 0.2) is 5.75 Å². The second-order valence-electron chi connectivity index (χ2n) is 5.47. The molecule has 0 saturated heterocycles. The van der Waals surface area contributed by atoms with E-state index in [0.717, 1.165) is 17.8 Å². The van der Waals surface area contributed by atoms with Crippen molar-refractivity contribution >= 4 is 41.0 Å². The number of hydrogen-bond acceptors (Lipinski definition) is 7. The minimum atomic E-state index is -1.06. The summed E-state index contributed by atoms with van der Waals surface area (Å²) in [5.41, 5.74) is 2.70. The predicted molar refractivity (Wildman–Crippen MR) is 102 cm³/mol. The van der Waals surface area contributed by atoms with Gasteiger partial charge in [-0.05, 0) is 30.7 Å². The molecule has 3 N–H and O–H groups in total. The molecule has 0 radical (unpaired) electrons. The summed E-state index contributed by atoms with van der Waals surface area (Å²) in [6.45, 7) is 1.79. The van der Waals surface area contributed by atoms with Gasteiger partial charge >= 0.3 is 17.5 Å². The molecule has 28 heavy (non-hydrogen) atoms. The highest BCUT2D eigenvalue weighted by atomic mass is 35.5. The first kappa shape index (κ1) is 20.6. The molecule has 2 rings (SSSR count). The summed E-state index contributed by atoms with van der Waals surface area (Å²) >= 11 is 5.95. The van der Waals surface area contributed by atoms with E-state index in [1.54, 1.807) is 19.1 Å². The number of anilines is 1. The molecule has 0 atom stereocenters. The number of phenols is 1. The van der Waals surface area contributed by atoms with E-state index in [-0.39, 0.29) is 11.3 Å². The van der Waals surface area contributed by atoms with E-state index in [4.69, 9.17) is 16.3 Å². The number of hydrogen-bond donors (Lipinski definition) is 3. The summed E-state index contributed by atoms with van der Waals surface area (Å²) in [7, 11) is 1.23. The molecule has 2 amide bonds. The van der Waals surface area contributed by atoms with Crippen LogP contribution in [0.1, 0.15) is 11.1 Å². The van der Waals surface area contributed by atoms with E-state index < -0.39 is 28.2 Å². The van der Waals surface area contributed by atoms with Crippen LogP contribution in [0.3, 0.4) is 0 Å². The van der Waals surface area contributed by atoms with E-state index in [1.165, 1.54) is 19.2 Å². The van der Waals surface area contributed by atoms with Crippen molar-refractivity contribution in [3.63, 3.8) is 0 Å². The number of halogens is 1. The number of carbonyl (C=O) groups is 2. The number of nitro benzene ring substituents is 1. The molecule has 0 unspecified atom stereocenters. The smallest absolute Gasteiger partial charge is 0.329 e. The molecule has 0 fully saturated rings. The van der Waals surface area contributed by atoms with Gasteiger partial charge in [-0.3, -0.25) is 19.7 Å². The Labute approximate surface area is 163 Å². The van der Waals surface area contributed by atoms with Crippen LogP contribution in [-0.4, -0.2) is 35.2 Å². The summed E-state index contributed by atoms with van der Waals surface area (Å²) < 4.78 is 4.85. The maximum absolute atomic E-state index is 11.9. The Morgan fingerprint density at radius 3 is 2.61 bits per heavy atom. The van der Waals surface area contributed by atoms with Crippen LogP contribution in [0.15, 0.2) is 35.4 Å². The van der Waals surface area contributed by atoms with Crippen molar-refractivity contribution in [3.8, 4) is 11.5 Å². The zero-order chi connectivity index (χ0) is 20.8. The second kappa shape index (κ2) is 8.82. The van der Waals surface area contributed by atoms with Gasteiger partial charge in [-0.15, -0.1) is 0 Å². The van der Waals surface area contributed by atoms with Gasteiger partial charge in [0.2, 0.25) is 5.75 Å². The molecule has 2 aromatic rings. The van der Waals surface area contributed by atoms with E-state index in [0.29, 0.717) is 10.7 Å². The average Bonchev–Trinajstić information content (AvgIpc) is 2.65. The minimum absolute atomic E-state index is 0.143. The topological polar surface area (TPSA) is 143 Å². The molecular weight excluding hydrogens is 392 g/mol. The second-order valence-corrected chi connectivity index (χ2v) is 5.87. The summed E-state index contributed by atoms with van der Waals surface area (Å²) in [6.07, 6.45) is 1.06. The number of methoxy groups -OCH3 is 1. The van der Waals surface area contributed by atoms with Gasteiger partial charge in [0.05, 0.1) is 18.2 Å². The molecule has 0 heterocycles. The Morgan fingerprint density at radius 2 is 2.00 bits per heavy atom. The van der Waals surface area contributed by atoms with Crippen LogP contribution >= 0.6 is 11.6 Å². The molecule has 0 saturated carbocycles. The van der Waals surface area contributed by atoms with E-state index >= 15 is 0 Å². The Kier molecular flexibility index (Phi) is 6.51. The number of benzene rings is 2. The van der Waals surface area contributed by atoms with Crippen molar-refractivity contribution < 1.29 is 24.4 Å². The largest absolute Gasteiger partial charge is 0.500 e. The van der Waals surface area contributed by atoms with Gasteiger partial charge < -0.3 is 15.2 Å². The first-order chi connectivity index (χ1) is 13.2. The maximum Gasteiger partial charge on any atom is 0.329 e.